The number of amides is 1. The van der Waals surface area contributed by atoms with E-state index in [1.54, 1.807) is 31.2 Å². The summed E-state index contributed by atoms with van der Waals surface area (Å²) in [6.07, 6.45) is 1.40. The highest BCUT2D eigenvalue weighted by Gasteiger charge is 2.11. The molecule has 7 nitrogen and oxygen atoms in total. The second-order valence-electron chi connectivity index (χ2n) is 5.28. The van der Waals surface area contributed by atoms with E-state index in [1.165, 1.54) is 19.4 Å². The number of nitrogens with one attached hydrogen (secondary N) is 1. The van der Waals surface area contributed by atoms with Crippen molar-refractivity contribution in [2.24, 2.45) is 5.10 Å². The standard InChI is InChI=1S/C19H21ClN2O5/c1-4-26-16-10-13(6-7-15(16)25-3)19(24)22-21-11-12-8-14(20)18(23)17(9-12)27-5-2/h6-11,23H,4-5H2,1-3H3,(H,22,24)/b21-11+. The van der Waals surface area contributed by atoms with Gasteiger partial charge in [-0.1, -0.05) is 11.6 Å². The van der Waals surface area contributed by atoms with E-state index < -0.39 is 5.91 Å². The number of hydrazone groups is 1. The van der Waals surface area contributed by atoms with Crippen molar-refractivity contribution in [1.82, 2.24) is 5.43 Å². The Kier molecular flexibility index (Phi) is 7.31. The highest BCUT2D eigenvalue weighted by Crippen LogP contribution is 2.34. The Bertz CT molecular complexity index is 839. The van der Waals surface area contributed by atoms with Gasteiger partial charge in [-0.15, -0.1) is 0 Å². The third-order valence-corrected chi connectivity index (χ3v) is 3.74. The number of methoxy groups -OCH3 is 1. The number of phenols is 1. The summed E-state index contributed by atoms with van der Waals surface area (Å²) in [7, 11) is 1.53. The van der Waals surface area contributed by atoms with Crippen molar-refractivity contribution < 1.29 is 24.1 Å². The summed E-state index contributed by atoms with van der Waals surface area (Å²) < 4.78 is 16.0. The molecule has 0 aliphatic carbocycles. The number of carbonyl (C=O) groups is 1. The second kappa shape index (κ2) is 9.68. The molecule has 0 atom stereocenters. The lowest BCUT2D eigenvalue weighted by atomic mass is 10.2. The average Bonchev–Trinajstić information content (AvgIpc) is 2.66. The first-order valence-electron chi connectivity index (χ1n) is 8.29. The summed E-state index contributed by atoms with van der Waals surface area (Å²) in [5.74, 6) is 0.711. The van der Waals surface area contributed by atoms with Crippen LogP contribution in [0.2, 0.25) is 5.02 Å². The van der Waals surface area contributed by atoms with Gasteiger partial charge in [-0.2, -0.15) is 5.10 Å². The zero-order valence-corrected chi connectivity index (χ0v) is 16.0. The van der Waals surface area contributed by atoms with Crippen molar-refractivity contribution in [3.05, 3.63) is 46.5 Å². The third-order valence-electron chi connectivity index (χ3n) is 3.46. The van der Waals surface area contributed by atoms with Gasteiger partial charge in [0.25, 0.3) is 5.91 Å². The molecule has 0 radical (unpaired) electrons. The fraction of sp³-hybridized carbons (Fsp3) is 0.263. The molecular weight excluding hydrogens is 372 g/mol. The molecular formula is C19H21ClN2O5. The summed E-state index contributed by atoms with van der Waals surface area (Å²) in [5.41, 5.74) is 3.36. The minimum atomic E-state index is -0.412. The minimum Gasteiger partial charge on any atom is -0.503 e. The number of nitrogens with zero attached hydrogens (tertiary/aromatic N) is 1. The van der Waals surface area contributed by atoms with Crippen LogP contribution in [0.25, 0.3) is 0 Å². The van der Waals surface area contributed by atoms with Crippen LogP contribution in [0.4, 0.5) is 0 Å². The monoisotopic (exact) mass is 392 g/mol. The molecule has 2 aromatic carbocycles. The molecule has 0 aliphatic rings. The lowest BCUT2D eigenvalue weighted by Crippen LogP contribution is -2.17. The Morgan fingerprint density at radius 3 is 2.52 bits per heavy atom. The summed E-state index contributed by atoms with van der Waals surface area (Å²) >= 11 is 5.96. The molecule has 0 fully saturated rings. The fourth-order valence-electron chi connectivity index (χ4n) is 2.25. The van der Waals surface area contributed by atoms with Gasteiger partial charge in [-0.05, 0) is 49.7 Å². The van der Waals surface area contributed by atoms with Crippen LogP contribution in [0, 0.1) is 0 Å². The molecule has 0 saturated heterocycles. The van der Waals surface area contributed by atoms with Gasteiger partial charge in [0.1, 0.15) is 0 Å². The third kappa shape index (κ3) is 5.27. The molecule has 0 aromatic heterocycles. The molecule has 0 unspecified atom stereocenters. The lowest BCUT2D eigenvalue weighted by Gasteiger charge is -2.10. The number of hydrogen-bond acceptors (Lipinski definition) is 6. The summed E-state index contributed by atoms with van der Waals surface area (Å²) in [5, 5.41) is 13.9. The van der Waals surface area contributed by atoms with E-state index in [0.717, 1.165) is 0 Å². The number of halogens is 1. The number of phenolic OH excluding ortho intramolecular Hbond substituents is 1. The predicted octanol–water partition coefficient (Wildman–Crippen LogP) is 3.62. The van der Waals surface area contributed by atoms with Gasteiger partial charge < -0.3 is 19.3 Å². The lowest BCUT2D eigenvalue weighted by molar-refractivity contribution is 0.0954. The van der Waals surface area contributed by atoms with Gasteiger partial charge in [-0.25, -0.2) is 5.43 Å². The molecule has 2 rings (SSSR count). The molecule has 27 heavy (non-hydrogen) atoms. The van der Waals surface area contributed by atoms with Crippen LogP contribution >= 0.6 is 11.6 Å². The maximum absolute atomic E-state index is 12.3. The second-order valence-corrected chi connectivity index (χ2v) is 5.69. The van der Waals surface area contributed by atoms with E-state index in [-0.39, 0.29) is 16.5 Å². The summed E-state index contributed by atoms with van der Waals surface area (Å²) in [4.78, 5) is 12.3. The molecule has 0 heterocycles. The maximum Gasteiger partial charge on any atom is 0.271 e. The Morgan fingerprint density at radius 1 is 1.15 bits per heavy atom. The largest absolute Gasteiger partial charge is 0.503 e. The van der Waals surface area contributed by atoms with E-state index in [0.29, 0.717) is 35.8 Å². The Hall–Kier alpha value is -2.93. The molecule has 2 aromatic rings. The van der Waals surface area contributed by atoms with Gasteiger partial charge in [0.2, 0.25) is 0 Å². The zero-order valence-electron chi connectivity index (χ0n) is 15.3. The minimum absolute atomic E-state index is 0.130. The van der Waals surface area contributed by atoms with E-state index in [9.17, 15) is 9.90 Å². The van der Waals surface area contributed by atoms with Crippen LogP contribution in [-0.4, -0.2) is 37.6 Å². The Labute approximate surface area is 162 Å². The Balaban J connectivity index is 2.12. The number of carbonyl (C=O) groups excluding carboxylic acids is 1. The molecule has 2 N–H and O–H groups in total. The number of hydrogen-bond donors (Lipinski definition) is 2. The molecule has 0 spiro atoms. The van der Waals surface area contributed by atoms with Crippen LogP contribution in [-0.2, 0) is 0 Å². The van der Waals surface area contributed by atoms with Crippen LogP contribution in [0.3, 0.4) is 0 Å². The molecule has 0 saturated carbocycles. The molecule has 0 bridgehead atoms. The first-order chi connectivity index (χ1) is 13.0. The van der Waals surface area contributed by atoms with Gasteiger partial charge in [0.15, 0.2) is 23.0 Å². The quantitative estimate of drug-likeness (QED) is 0.529. The first-order valence-corrected chi connectivity index (χ1v) is 8.67. The number of benzene rings is 2. The van der Waals surface area contributed by atoms with Crippen LogP contribution < -0.4 is 19.6 Å². The number of rotatable bonds is 8. The number of aromatic hydroxyl groups is 1. The average molecular weight is 393 g/mol. The SMILES string of the molecule is CCOc1cc(C(=O)N/N=C/c2cc(Cl)c(O)c(OCC)c2)ccc1OC. The topological polar surface area (TPSA) is 89.4 Å². The summed E-state index contributed by atoms with van der Waals surface area (Å²) in [6, 6.07) is 7.92. The van der Waals surface area contributed by atoms with E-state index in [2.05, 4.69) is 10.5 Å². The van der Waals surface area contributed by atoms with Gasteiger partial charge in [0.05, 0.1) is 31.6 Å². The predicted molar refractivity (Wildman–Crippen MR) is 104 cm³/mol. The van der Waals surface area contributed by atoms with Crippen molar-refractivity contribution in [2.75, 3.05) is 20.3 Å². The highest BCUT2D eigenvalue weighted by atomic mass is 35.5. The first kappa shape index (κ1) is 20.4. The van der Waals surface area contributed by atoms with E-state index in [1.807, 2.05) is 6.92 Å². The Morgan fingerprint density at radius 2 is 1.85 bits per heavy atom. The van der Waals surface area contributed by atoms with E-state index >= 15 is 0 Å². The normalized spacial score (nSPS) is 10.7. The molecule has 144 valence electrons. The number of ether oxygens (including phenoxy) is 3. The summed E-state index contributed by atoms with van der Waals surface area (Å²) in [6.45, 7) is 4.46. The van der Waals surface area contributed by atoms with Crippen molar-refractivity contribution in [3.63, 3.8) is 0 Å². The smallest absolute Gasteiger partial charge is 0.271 e. The van der Waals surface area contributed by atoms with Crippen molar-refractivity contribution in [3.8, 4) is 23.0 Å². The van der Waals surface area contributed by atoms with E-state index in [4.69, 9.17) is 25.8 Å². The van der Waals surface area contributed by atoms with Gasteiger partial charge in [-0.3, -0.25) is 4.79 Å². The van der Waals surface area contributed by atoms with Crippen LogP contribution in [0.1, 0.15) is 29.8 Å². The molecule has 8 heteroatoms. The van der Waals surface area contributed by atoms with Crippen LogP contribution in [0.5, 0.6) is 23.0 Å². The van der Waals surface area contributed by atoms with Crippen molar-refractivity contribution in [1.29, 1.82) is 0 Å². The van der Waals surface area contributed by atoms with Gasteiger partial charge >= 0.3 is 0 Å². The zero-order chi connectivity index (χ0) is 19.8. The van der Waals surface area contributed by atoms with Crippen molar-refractivity contribution in [2.45, 2.75) is 13.8 Å². The van der Waals surface area contributed by atoms with Crippen LogP contribution in [0.15, 0.2) is 35.4 Å². The molecule has 0 aliphatic heterocycles. The highest BCUT2D eigenvalue weighted by molar-refractivity contribution is 6.32. The molecule has 1 amide bonds. The van der Waals surface area contributed by atoms with Gasteiger partial charge in [0, 0.05) is 5.56 Å². The maximum atomic E-state index is 12.3. The van der Waals surface area contributed by atoms with Crippen molar-refractivity contribution >= 4 is 23.7 Å². The fourth-order valence-corrected chi connectivity index (χ4v) is 2.47.